The van der Waals surface area contributed by atoms with Gasteiger partial charge >= 0.3 is 12.0 Å². The molecule has 0 unspecified atom stereocenters. The molecule has 0 fully saturated rings. The summed E-state index contributed by atoms with van der Waals surface area (Å²) in [5.74, 6) is 0. The lowest BCUT2D eigenvalue weighted by Crippen LogP contribution is -1.96. The van der Waals surface area contributed by atoms with Crippen molar-refractivity contribution in [2.45, 2.75) is 0 Å². The monoisotopic (exact) mass is 254 g/mol. The largest absolute Gasteiger partial charge is 0.388 e. The van der Waals surface area contributed by atoms with E-state index in [4.69, 9.17) is 4.74 Å². The van der Waals surface area contributed by atoms with Crippen molar-refractivity contribution in [2.24, 2.45) is 0 Å². The standard InChI is InChI=1S/C10H6N8O/c1-5-7(15-3-13-5)17-9(11-1)19-10-12-2-6-8(18-10)16-4-14-6/h1-4H,(H,11,13,15,17)(H,12,14,16,18). The molecule has 0 saturated carbocycles. The summed E-state index contributed by atoms with van der Waals surface area (Å²) >= 11 is 0. The van der Waals surface area contributed by atoms with E-state index in [2.05, 4.69) is 39.9 Å². The molecule has 0 spiro atoms. The summed E-state index contributed by atoms with van der Waals surface area (Å²) in [5, 5.41) is 0. The molecule has 0 aliphatic heterocycles. The molecule has 9 heteroatoms. The molecule has 4 aromatic heterocycles. The third kappa shape index (κ3) is 1.64. The second kappa shape index (κ2) is 3.70. The van der Waals surface area contributed by atoms with Crippen LogP contribution in [0.25, 0.3) is 22.3 Å². The highest BCUT2D eigenvalue weighted by Gasteiger charge is 2.08. The minimum atomic E-state index is 0.134. The van der Waals surface area contributed by atoms with E-state index in [1.807, 2.05) is 0 Å². The Bertz CT molecular complexity index is 794. The molecule has 0 aromatic carbocycles. The van der Waals surface area contributed by atoms with Crippen LogP contribution in [-0.4, -0.2) is 39.9 Å². The van der Waals surface area contributed by atoms with E-state index in [0.717, 1.165) is 11.0 Å². The molecule has 0 saturated heterocycles. The second-order valence-electron chi connectivity index (χ2n) is 3.69. The van der Waals surface area contributed by atoms with Crippen molar-refractivity contribution < 1.29 is 4.74 Å². The number of nitrogens with zero attached hydrogens (tertiary/aromatic N) is 6. The maximum Gasteiger partial charge on any atom is 0.326 e. The van der Waals surface area contributed by atoms with E-state index in [9.17, 15) is 0 Å². The third-order valence-electron chi connectivity index (χ3n) is 2.49. The zero-order valence-electron chi connectivity index (χ0n) is 9.40. The van der Waals surface area contributed by atoms with Gasteiger partial charge in [0.05, 0.1) is 25.0 Å². The van der Waals surface area contributed by atoms with Crippen LogP contribution < -0.4 is 4.74 Å². The van der Waals surface area contributed by atoms with Crippen molar-refractivity contribution in [2.75, 3.05) is 0 Å². The number of H-pyrrole nitrogens is 2. The first-order valence-electron chi connectivity index (χ1n) is 5.38. The zero-order chi connectivity index (χ0) is 12.7. The highest BCUT2D eigenvalue weighted by Crippen LogP contribution is 2.16. The van der Waals surface area contributed by atoms with Gasteiger partial charge in [-0.1, -0.05) is 0 Å². The summed E-state index contributed by atoms with van der Waals surface area (Å²) in [4.78, 5) is 30.1. The number of hydrogen-bond donors (Lipinski definition) is 2. The fourth-order valence-corrected chi connectivity index (χ4v) is 1.62. The van der Waals surface area contributed by atoms with Gasteiger partial charge in [-0.05, 0) is 0 Å². The molecule has 0 radical (unpaired) electrons. The van der Waals surface area contributed by atoms with E-state index in [-0.39, 0.29) is 12.0 Å². The predicted molar refractivity (Wildman–Crippen MR) is 63.4 cm³/mol. The lowest BCUT2D eigenvalue weighted by molar-refractivity contribution is 0.410. The molecule has 92 valence electrons. The van der Waals surface area contributed by atoms with Crippen molar-refractivity contribution in [3.05, 3.63) is 25.0 Å². The number of fused-ring (bicyclic) bond motifs is 2. The van der Waals surface area contributed by atoms with Crippen molar-refractivity contribution >= 4 is 22.3 Å². The maximum atomic E-state index is 5.38. The van der Waals surface area contributed by atoms with Gasteiger partial charge in [0.15, 0.2) is 11.3 Å². The number of imidazole rings is 2. The Kier molecular flexibility index (Phi) is 1.92. The van der Waals surface area contributed by atoms with Gasteiger partial charge in [-0.2, -0.15) is 9.97 Å². The van der Waals surface area contributed by atoms with Crippen LogP contribution in [0.4, 0.5) is 0 Å². The van der Waals surface area contributed by atoms with Crippen LogP contribution in [0.2, 0.25) is 0 Å². The van der Waals surface area contributed by atoms with Gasteiger partial charge in [0.1, 0.15) is 11.0 Å². The molecular formula is C10H6N8O. The quantitative estimate of drug-likeness (QED) is 0.543. The Labute approximate surface area is 105 Å². The lowest BCUT2D eigenvalue weighted by Gasteiger charge is -2.00. The van der Waals surface area contributed by atoms with Crippen LogP contribution in [0.15, 0.2) is 25.0 Å². The normalized spacial score (nSPS) is 11.2. The van der Waals surface area contributed by atoms with Crippen LogP contribution in [0.3, 0.4) is 0 Å². The van der Waals surface area contributed by atoms with Crippen LogP contribution in [0.1, 0.15) is 0 Å². The van der Waals surface area contributed by atoms with Gasteiger partial charge in [-0.15, -0.1) is 0 Å². The van der Waals surface area contributed by atoms with Gasteiger partial charge in [0.25, 0.3) is 0 Å². The Morgan fingerprint density at radius 3 is 1.79 bits per heavy atom. The van der Waals surface area contributed by atoms with Gasteiger partial charge in [-0.3, -0.25) is 0 Å². The molecule has 4 rings (SSSR count). The molecule has 0 amide bonds. The van der Waals surface area contributed by atoms with Crippen LogP contribution >= 0.6 is 0 Å². The minimum Gasteiger partial charge on any atom is -0.388 e. The molecule has 9 nitrogen and oxygen atoms in total. The summed E-state index contributed by atoms with van der Waals surface area (Å²) in [6.07, 6.45) is 6.24. The van der Waals surface area contributed by atoms with Crippen molar-refractivity contribution in [1.82, 2.24) is 39.9 Å². The van der Waals surface area contributed by atoms with Gasteiger partial charge in [-0.25, -0.2) is 19.9 Å². The summed E-state index contributed by atoms with van der Waals surface area (Å²) in [7, 11) is 0. The van der Waals surface area contributed by atoms with Crippen LogP contribution in [0.5, 0.6) is 12.0 Å². The number of nitrogens with one attached hydrogen (secondary N) is 2. The van der Waals surface area contributed by atoms with Crippen molar-refractivity contribution in [1.29, 1.82) is 0 Å². The molecule has 19 heavy (non-hydrogen) atoms. The smallest absolute Gasteiger partial charge is 0.326 e. The third-order valence-corrected chi connectivity index (χ3v) is 2.49. The first kappa shape index (κ1) is 9.88. The number of aromatic amines is 2. The Balaban J connectivity index is 1.72. The Morgan fingerprint density at radius 2 is 1.26 bits per heavy atom. The van der Waals surface area contributed by atoms with E-state index < -0.39 is 0 Å². The van der Waals surface area contributed by atoms with Gasteiger partial charge in [0, 0.05) is 0 Å². The number of ether oxygens (including phenoxy) is 1. The Morgan fingerprint density at radius 1 is 0.737 bits per heavy atom. The highest BCUT2D eigenvalue weighted by atomic mass is 16.5. The molecule has 0 aliphatic carbocycles. The maximum absolute atomic E-state index is 5.38. The summed E-state index contributed by atoms with van der Waals surface area (Å²) in [6.45, 7) is 0. The molecule has 4 aromatic rings. The molecule has 0 aliphatic rings. The molecule has 0 bridgehead atoms. The topological polar surface area (TPSA) is 118 Å². The van der Waals surface area contributed by atoms with E-state index in [1.54, 1.807) is 12.4 Å². The van der Waals surface area contributed by atoms with Gasteiger partial charge in [0.2, 0.25) is 0 Å². The fourth-order valence-electron chi connectivity index (χ4n) is 1.62. The number of aromatic nitrogens is 8. The van der Waals surface area contributed by atoms with Crippen molar-refractivity contribution in [3.63, 3.8) is 0 Å². The lowest BCUT2D eigenvalue weighted by atomic mass is 10.6. The van der Waals surface area contributed by atoms with E-state index in [0.29, 0.717) is 11.3 Å². The highest BCUT2D eigenvalue weighted by molar-refractivity contribution is 5.69. The summed E-state index contributed by atoms with van der Waals surface area (Å²) in [5.41, 5.74) is 2.50. The molecule has 2 N–H and O–H groups in total. The zero-order valence-corrected chi connectivity index (χ0v) is 9.40. The first-order chi connectivity index (χ1) is 9.38. The molecule has 0 atom stereocenters. The fraction of sp³-hybridized carbons (Fsp3) is 0. The average molecular weight is 254 g/mol. The Hall–Kier alpha value is -3.10. The van der Waals surface area contributed by atoms with E-state index >= 15 is 0 Å². The number of hydrogen-bond acceptors (Lipinski definition) is 7. The van der Waals surface area contributed by atoms with E-state index in [1.165, 1.54) is 12.7 Å². The average Bonchev–Trinajstić information content (AvgIpc) is 3.05. The second-order valence-corrected chi connectivity index (χ2v) is 3.69. The summed E-state index contributed by atoms with van der Waals surface area (Å²) < 4.78 is 5.38. The number of rotatable bonds is 2. The van der Waals surface area contributed by atoms with Crippen LogP contribution in [0, 0.1) is 0 Å². The predicted octanol–water partition coefficient (Wildman–Crippen LogP) is 0.811. The first-order valence-corrected chi connectivity index (χ1v) is 5.38. The molecular weight excluding hydrogens is 248 g/mol. The summed E-state index contributed by atoms with van der Waals surface area (Å²) in [6, 6.07) is 0.268. The van der Waals surface area contributed by atoms with Gasteiger partial charge < -0.3 is 14.7 Å². The van der Waals surface area contributed by atoms with Crippen LogP contribution in [-0.2, 0) is 0 Å². The minimum absolute atomic E-state index is 0.134. The SMILES string of the molecule is c1nc2nc(Oc3ncc4[nH]cnc4n3)ncc2[nH]1. The molecule has 4 heterocycles. The van der Waals surface area contributed by atoms with Crippen molar-refractivity contribution in [3.8, 4) is 12.0 Å².